The van der Waals surface area contributed by atoms with E-state index in [1.54, 1.807) is 6.20 Å². The molecule has 4 heteroatoms. The Bertz CT molecular complexity index is 219. The first-order chi connectivity index (χ1) is 4.86. The van der Waals surface area contributed by atoms with Crippen molar-refractivity contribution in [1.29, 1.82) is 0 Å². The minimum absolute atomic E-state index is 0. The molecule has 3 nitrogen and oxygen atoms in total. The standard InChI is InChI=1S/C7H12N3.ClH/c1-3-8-10-6-5-9(4-2)7-10;/h4-8H,2-3H2,1H3;1H/q+1;/p-1. The SMILES string of the molecule is C=C[n+]1ccn(NCC)c1.[Cl-]. The molecule has 1 aromatic rings. The second-order valence-corrected chi connectivity index (χ2v) is 1.96. The molecule has 0 amide bonds. The first-order valence-corrected chi connectivity index (χ1v) is 3.32. The summed E-state index contributed by atoms with van der Waals surface area (Å²) in [5.41, 5.74) is 3.11. The number of halogens is 1. The molecule has 0 saturated heterocycles. The Morgan fingerprint density at radius 2 is 2.45 bits per heavy atom. The van der Waals surface area contributed by atoms with Gasteiger partial charge in [0.15, 0.2) is 6.20 Å². The van der Waals surface area contributed by atoms with E-state index in [1.165, 1.54) is 0 Å². The highest BCUT2D eigenvalue weighted by Crippen LogP contribution is 1.77. The first kappa shape index (κ1) is 10.0. The highest BCUT2D eigenvalue weighted by molar-refractivity contribution is 4.95. The predicted octanol–water partition coefficient (Wildman–Crippen LogP) is -2.56. The lowest BCUT2D eigenvalue weighted by Crippen LogP contribution is -3.00. The van der Waals surface area contributed by atoms with Crippen LogP contribution in [0.15, 0.2) is 25.3 Å². The van der Waals surface area contributed by atoms with Gasteiger partial charge in [-0.05, 0) is 6.92 Å². The Balaban J connectivity index is 0.000001000. The van der Waals surface area contributed by atoms with Crippen molar-refractivity contribution < 1.29 is 17.0 Å². The fourth-order valence-corrected chi connectivity index (χ4v) is 0.754. The van der Waals surface area contributed by atoms with Crippen molar-refractivity contribution in [2.24, 2.45) is 0 Å². The van der Waals surface area contributed by atoms with Crippen molar-refractivity contribution in [2.45, 2.75) is 6.92 Å². The number of nitrogens with one attached hydrogen (secondary N) is 1. The third-order valence-corrected chi connectivity index (χ3v) is 1.21. The number of hydrogen-bond acceptors (Lipinski definition) is 1. The maximum Gasteiger partial charge on any atom is 0.271 e. The van der Waals surface area contributed by atoms with Gasteiger partial charge in [0.25, 0.3) is 6.33 Å². The highest BCUT2D eigenvalue weighted by atomic mass is 35.5. The van der Waals surface area contributed by atoms with Gasteiger partial charge < -0.3 is 12.4 Å². The van der Waals surface area contributed by atoms with Gasteiger partial charge >= 0.3 is 0 Å². The molecule has 0 saturated carbocycles. The second kappa shape index (κ2) is 4.79. The molecular weight excluding hydrogens is 162 g/mol. The summed E-state index contributed by atoms with van der Waals surface area (Å²) in [6.07, 6.45) is 7.52. The number of nitrogens with zero attached hydrogens (tertiary/aromatic N) is 2. The zero-order chi connectivity index (χ0) is 7.40. The molecule has 0 aliphatic rings. The molecular formula is C7H12ClN3. The Morgan fingerprint density at radius 3 is 2.91 bits per heavy atom. The van der Waals surface area contributed by atoms with Crippen LogP contribution in [0.2, 0.25) is 0 Å². The second-order valence-electron chi connectivity index (χ2n) is 1.96. The van der Waals surface area contributed by atoms with Gasteiger partial charge in [-0.2, -0.15) is 0 Å². The van der Waals surface area contributed by atoms with E-state index in [1.807, 2.05) is 28.0 Å². The third-order valence-electron chi connectivity index (χ3n) is 1.21. The van der Waals surface area contributed by atoms with E-state index >= 15 is 0 Å². The van der Waals surface area contributed by atoms with E-state index in [0.717, 1.165) is 6.54 Å². The number of rotatable bonds is 3. The zero-order valence-corrected chi connectivity index (χ0v) is 7.25. The van der Waals surface area contributed by atoms with Gasteiger partial charge in [-0.1, -0.05) is 6.58 Å². The van der Waals surface area contributed by atoms with Crippen LogP contribution in [0.4, 0.5) is 0 Å². The van der Waals surface area contributed by atoms with Crippen molar-refractivity contribution in [3.63, 3.8) is 0 Å². The van der Waals surface area contributed by atoms with Crippen LogP contribution in [0, 0.1) is 0 Å². The van der Waals surface area contributed by atoms with E-state index in [2.05, 4.69) is 18.9 Å². The molecule has 0 unspecified atom stereocenters. The summed E-state index contributed by atoms with van der Waals surface area (Å²) in [6.45, 7) is 6.60. The average molecular weight is 174 g/mol. The van der Waals surface area contributed by atoms with Crippen molar-refractivity contribution in [3.05, 3.63) is 25.3 Å². The van der Waals surface area contributed by atoms with Crippen LogP contribution in [0.3, 0.4) is 0 Å². The lowest BCUT2D eigenvalue weighted by atomic mass is 10.8. The van der Waals surface area contributed by atoms with Crippen molar-refractivity contribution in [2.75, 3.05) is 12.0 Å². The van der Waals surface area contributed by atoms with Crippen LogP contribution < -0.4 is 22.4 Å². The lowest BCUT2D eigenvalue weighted by Gasteiger charge is -1.92. The van der Waals surface area contributed by atoms with Gasteiger partial charge in [0.05, 0.1) is 6.20 Å². The topological polar surface area (TPSA) is 20.8 Å². The minimum Gasteiger partial charge on any atom is -1.00 e. The van der Waals surface area contributed by atoms with E-state index in [4.69, 9.17) is 0 Å². The minimum atomic E-state index is 0. The summed E-state index contributed by atoms with van der Waals surface area (Å²) < 4.78 is 3.77. The predicted molar refractivity (Wildman–Crippen MR) is 40.9 cm³/mol. The van der Waals surface area contributed by atoms with Gasteiger partial charge in [0.2, 0.25) is 0 Å². The Labute approximate surface area is 72.7 Å². The zero-order valence-electron chi connectivity index (χ0n) is 6.50. The fraction of sp³-hybridized carbons (Fsp3) is 0.286. The van der Waals surface area contributed by atoms with Crippen LogP contribution in [0.5, 0.6) is 0 Å². The van der Waals surface area contributed by atoms with Crippen LogP contribution in [-0.4, -0.2) is 11.2 Å². The highest BCUT2D eigenvalue weighted by Gasteiger charge is 1.95. The van der Waals surface area contributed by atoms with Gasteiger partial charge in [-0.15, -0.1) is 4.68 Å². The van der Waals surface area contributed by atoms with Gasteiger partial charge in [0.1, 0.15) is 6.20 Å². The maximum atomic E-state index is 3.63. The molecule has 1 N–H and O–H groups in total. The average Bonchev–Trinajstić information content (AvgIpc) is 2.37. The van der Waals surface area contributed by atoms with Crippen molar-refractivity contribution in [3.8, 4) is 0 Å². The van der Waals surface area contributed by atoms with E-state index in [9.17, 15) is 0 Å². The van der Waals surface area contributed by atoms with Crippen molar-refractivity contribution >= 4 is 6.20 Å². The monoisotopic (exact) mass is 173 g/mol. The maximum absolute atomic E-state index is 3.63. The molecule has 62 valence electrons. The van der Waals surface area contributed by atoms with E-state index in [0.29, 0.717) is 0 Å². The van der Waals surface area contributed by atoms with Gasteiger partial charge in [-0.25, -0.2) is 4.57 Å². The summed E-state index contributed by atoms with van der Waals surface area (Å²) in [7, 11) is 0. The van der Waals surface area contributed by atoms with Crippen LogP contribution in [0.1, 0.15) is 6.92 Å². The summed E-state index contributed by atoms with van der Waals surface area (Å²) in [5.74, 6) is 0. The first-order valence-electron chi connectivity index (χ1n) is 3.32. The summed E-state index contributed by atoms with van der Waals surface area (Å²) in [6, 6.07) is 0. The molecule has 0 atom stereocenters. The lowest BCUT2D eigenvalue weighted by molar-refractivity contribution is -0.567. The molecule has 0 aliphatic heterocycles. The third kappa shape index (κ3) is 2.63. The number of imidazole rings is 1. The largest absolute Gasteiger partial charge is 1.00 e. The van der Waals surface area contributed by atoms with E-state index < -0.39 is 0 Å². The van der Waals surface area contributed by atoms with Crippen LogP contribution >= 0.6 is 0 Å². The Morgan fingerprint density at radius 1 is 1.73 bits per heavy atom. The molecule has 0 aliphatic carbocycles. The normalized spacial score (nSPS) is 8.45. The molecule has 0 radical (unpaired) electrons. The summed E-state index contributed by atoms with van der Waals surface area (Å²) in [5, 5.41) is 0. The molecule has 0 fully saturated rings. The number of hydrogen-bond donors (Lipinski definition) is 1. The molecule has 0 bridgehead atoms. The van der Waals surface area contributed by atoms with Gasteiger partial charge in [-0.3, -0.25) is 5.43 Å². The molecule has 1 aromatic heterocycles. The number of aromatic nitrogens is 2. The summed E-state index contributed by atoms with van der Waals surface area (Å²) >= 11 is 0. The van der Waals surface area contributed by atoms with Crippen molar-refractivity contribution in [1.82, 2.24) is 4.68 Å². The molecule has 11 heavy (non-hydrogen) atoms. The van der Waals surface area contributed by atoms with E-state index in [-0.39, 0.29) is 12.4 Å². The smallest absolute Gasteiger partial charge is 0.271 e. The van der Waals surface area contributed by atoms with Crippen LogP contribution in [-0.2, 0) is 0 Å². The quantitative estimate of drug-likeness (QED) is 0.499. The van der Waals surface area contributed by atoms with Crippen LogP contribution in [0.25, 0.3) is 6.20 Å². The Hall–Kier alpha value is -0.960. The molecule has 0 spiro atoms. The fourth-order valence-electron chi connectivity index (χ4n) is 0.754. The molecule has 1 rings (SSSR count). The Kier molecular flexibility index (Phi) is 4.38. The molecule has 1 heterocycles. The molecule has 0 aromatic carbocycles. The van der Waals surface area contributed by atoms with Gasteiger partial charge in [0, 0.05) is 6.54 Å². The summed E-state index contributed by atoms with van der Waals surface area (Å²) in [4.78, 5) is 0.